The van der Waals surface area contributed by atoms with Gasteiger partial charge in [0.15, 0.2) is 0 Å². The quantitative estimate of drug-likeness (QED) is 0.109. The van der Waals surface area contributed by atoms with E-state index in [4.69, 9.17) is 4.74 Å². The molecule has 5 N–H and O–H groups in total. The maximum atomic E-state index is 15.2. The summed E-state index contributed by atoms with van der Waals surface area (Å²) in [5.74, 6) is -10.4. The van der Waals surface area contributed by atoms with E-state index in [1.807, 2.05) is 41.5 Å². The van der Waals surface area contributed by atoms with Gasteiger partial charge in [-0.1, -0.05) is 102 Å². The number of rotatable bonds is 16. The third-order valence-corrected chi connectivity index (χ3v) is 16.8. The van der Waals surface area contributed by atoms with Crippen molar-refractivity contribution in [3.63, 3.8) is 0 Å². The topological polar surface area (TPSA) is 288 Å². The summed E-state index contributed by atoms with van der Waals surface area (Å²) in [7, 11) is 11.1. The highest BCUT2D eigenvalue weighted by molar-refractivity contribution is 6.02. The van der Waals surface area contributed by atoms with Crippen molar-refractivity contribution in [2.45, 2.75) is 228 Å². The first-order valence-corrected chi connectivity index (χ1v) is 31.1. The molecule has 11 amide bonds. The third-order valence-electron chi connectivity index (χ3n) is 16.8. The zero-order chi connectivity index (χ0) is 68.5. The highest BCUT2D eigenvalue weighted by Crippen LogP contribution is 2.27. The van der Waals surface area contributed by atoms with E-state index < -0.39 is 161 Å². The van der Waals surface area contributed by atoms with E-state index in [0.717, 1.165) is 14.7 Å². The number of aliphatic hydroxyl groups excluding tert-OH is 1. The molecule has 0 aliphatic carbocycles. The van der Waals surface area contributed by atoms with Gasteiger partial charge in [-0.15, -0.1) is 0 Å². The van der Waals surface area contributed by atoms with Crippen molar-refractivity contribution in [2.24, 2.45) is 35.5 Å². The Morgan fingerprint density at radius 1 is 0.534 bits per heavy atom. The number of carbonyl (C=O) groups excluding carboxylic acids is 11. The van der Waals surface area contributed by atoms with Gasteiger partial charge in [-0.3, -0.25) is 52.7 Å². The normalized spacial score (nSPS) is 26.6. The van der Waals surface area contributed by atoms with Gasteiger partial charge in [0.25, 0.3) is 5.91 Å². The van der Waals surface area contributed by atoms with Crippen LogP contribution in [0.3, 0.4) is 0 Å². The Bertz CT molecular complexity index is 2480. The maximum Gasteiger partial charge on any atom is 0.270 e. The molecule has 0 aromatic rings. The molecule has 24 nitrogen and oxygen atoms in total. The molecule has 1 fully saturated rings. The van der Waals surface area contributed by atoms with Crippen LogP contribution in [0.1, 0.15) is 156 Å². The van der Waals surface area contributed by atoms with Gasteiger partial charge in [0.1, 0.15) is 66.1 Å². The van der Waals surface area contributed by atoms with Crippen LogP contribution in [0.2, 0.25) is 0 Å². The predicted octanol–water partition coefficient (Wildman–Crippen LogP) is 3.55. The van der Waals surface area contributed by atoms with Crippen LogP contribution in [0, 0.1) is 35.5 Å². The summed E-state index contributed by atoms with van der Waals surface area (Å²) >= 11 is 0. The molecule has 24 heteroatoms. The monoisotopic (exact) mass is 1240 g/mol. The van der Waals surface area contributed by atoms with Crippen molar-refractivity contribution in [3.05, 3.63) is 24.4 Å². The summed E-state index contributed by atoms with van der Waals surface area (Å²) in [6, 6.07) is -12.9. The summed E-state index contributed by atoms with van der Waals surface area (Å²) in [6.45, 7) is 33.3. The van der Waals surface area contributed by atoms with Crippen molar-refractivity contribution in [2.75, 3.05) is 56.4 Å². The second-order valence-corrected chi connectivity index (χ2v) is 26.7. The molecule has 12 atom stereocenters. The van der Waals surface area contributed by atoms with Gasteiger partial charge < -0.3 is 65.4 Å². The number of hydrogen-bond donors (Lipinski definition) is 5. The Balaban J connectivity index is 4.43. The zero-order valence-electron chi connectivity index (χ0n) is 57.9. The summed E-state index contributed by atoms with van der Waals surface area (Å²) < 4.78 is 5.71. The molecular weight excluding hydrogens is 1130 g/mol. The van der Waals surface area contributed by atoms with E-state index in [1.165, 1.54) is 89.9 Å². The van der Waals surface area contributed by atoms with Crippen LogP contribution in [-0.2, 0) is 57.5 Å². The fourth-order valence-corrected chi connectivity index (χ4v) is 10.8. The van der Waals surface area contributed by atoms with Crippen LogP contribution >= 0.6 is 0 Å². The molecule has 88 heavy (non-hydrogen) atoms. The molecule has 0 saturated carbocycles. The van der Waals surface area contributed by atoms with Gasteiger partial charge in [0, 0.05) is 62.9 Å². The summed E-state index contributed by atoms with van der Waals surface area (Å²) in [6.07, 6.45) is 2.55. The zero-order valence-corrected chi connectivity index (χ0v) is 57.9. The van der Waals surface area contributed by atoms with Crippen LogP contribution in [-0.4, -0.2) is 233 Å². The van der Waals surface area contributed by atoms with Gasteiger partial charge in [0.2, 0.25) is 59.1 Å². The number of carbonyl (C=O) groups is 11. The van der Waals surface area contributed by atoms with Gasteiger partial charge in [0.05, 0.1) is 11.7 Å². The summed E-state index contributed by atoms with van der Waals surface area (Å²) in [5, 5.41) is 23.1. The van der Waals surface area contributed by atoms with E-state index >= 15 is 9.59 Å². The largest absolute Gasteiger partial charge is 0.390 e. The van der Waals surface area contributed by atoms with Crippen LogP contribution in [0.5, 0.6) is 0 Å². The second kappa shape index (κ2) is 35.1. The molecule has 1 rings (SSSR count). The van der Waals surface area contributed by atoms with E-state index in [0.29, 0.717) is 0 Å². The fraction of sp³-hybridized carbons (Fsp3) is 0.766. The van der Waals surface area contributed by atoms with Crippen molar-refractivity contribution in [3.8, 4) is 0 Å². The number of hydrogen-bond acceptors (Lipinski definition) is 13. The number of nitrogens with one attached hydrogen (secondary N) is 4. The van der Waals surface area contributed by atoms with Crippen LogP contribution in [0.4, 0.5) is 0 Å². The Hall–Kier alpha value is -6.43. The Morgan fingerprint density at radius 3 is 1.43 bits per heavy atom. The van der Waals surface area contributed by atoms with Gasteiger partial charge in [-0.05, 0) is 102 Å². The second-order valence-electron chi connectivity index (χ2n) is 26.7. The minimum Gasteiger partial charge on any atom is -0.390 e. The minimum atomic E-state index is -1.66. The SMILES string of the molecule is C=C1C(=O)N(C)[C@@H](CC(C)(C)OC)C(=O)N[C@@H](C(C)C)C(=O)N(C)[C@@H](CC(C)C)C(=O)N[C@@H](C)C(=O)N[C@H](C)C(=O)N(C)[C@@H](CC(C)C)C(=O)N(C)[C@@H](CC(C)C)C(=O)N(C)[C@@H](C(C)C)C(=O)N(C)[C@@H]([C@H](O)[C@H](C)C/C=C/C)C(=O)N[C@@H](CC)C(=O)N1C. The summed E-state index contributed by atoms with van der Waals surface area (Å²) in [5.41, 5.74) is -1.45. The molecule has 0 aromatic carbocycles. The van der Waals surface area contributed by atoms with E-state index in [9.17, 15) is 48.3 Å². The third kappa shape index (κ3) is 21.4. The number of aliphatic hydroxyl groups is 1. The molecular formula is C64H113N11O13. The first-order chi connectivity index (χ1) is 40.5. The molecule has 1 saturated heterocycles. The first kappa shape index (κ1) is 79.6. The molecule has 0 unspecified atom stereocenters. The number of methoxy groups -OCH3 is 1. The number of nitrogens with zero attached hydrogens (tertiary/aromatic N) is 7. The fourth-order valence-electron chi connectivity index (χ4n) is 10.8. The predicted molar refractivity (Wildman–Crippen MR) is 339 cm³/mol. The van der Waals surface area contributed by atoms with Crippen molar-refractivity contribution in [1.29, 1.82) is 0 Å². The standard InChI is InChI=1S/C64H113N11O13/c1-27-29-30-40(13)52(76)51-56(80)67-44(28-2)59(83)69(19)43(16)58(82)73(23)48(34-64(17,18)88-26)55(79)68-49(38(9)10)62(86)70(20)45(31-35(3)4)54(78)65-41(14)53(77)66-42(15)57(81)71(21)46(32-36(5)6)60(84)72(22)47(33-37(7)8)61(85)74(24)50(39(11)12)63(87)75(51)25/h27,29,35-42,44-52,76H,16,28,30-34H2,1-15,17-26H3,(H,65,78)(H,66,77)(H,67,80)(H,68,79)/b29-27+/t40-,41+,42-,44+,45+,46+,47+,48+,49+,50+,51+,52-/m1/s1. The van der Waals surface area contributed by atoms with Crippen molar-refractivity contribution >= 4 is 65.0 Å². The Labute approximate surface area is 526 Å². The lowest BCUT2D eigenvalue weighted by atomic mass is 9.91. The number of ether oxygens (including phenoxy) is 1. The smallest absolute Gasteiger partial charge is 0.270 e. The molecule has 0 radical (unpaired) electrons. The molecule has 1 aliphatic rings. The lowest BCUT2D eigenvalue weighted by Gasteiger charge is -2.41. The molecule has 0 aromatic heterocycles. The number of allylic oxidation sites excluding steroid dienone is 2. The van der Waals surface area contributed by atoms with E-state index in [-0.39, 0.29) is 56.3 Å². The van der Waals surface area contributed by atoms with E-state index in [2.05, 4.69) is 27.8 Å². The van der Waals surface area contributed by atoms with Gasteiger partial charge in [-0.2, -0.15) is 0 Å². The minimum absolute atomic E-state index is 0.0446. The van der Waals surface area contributed by atoms with Crippen LogP contribution in [0.15, 0.2) is 24.4 Å². The molecule has 0 bridgehead atoms. The highest BCUT2D eigenvalue weighted by atomic mass is 16.5. The maximum absolute atomic E-state index is 15.2. The number of amides is 11. The molecule has 1 aliphatic heterocycles. The highest BCUT2D eigenvalue weighted by Gasteiger charge is 2.46. The summed E-state index contributed by atoms with van der Waals surface area (Å²) in [4.78, 5) is 170. The average Bonchev–Trinajstić information content (AvgIpc) is 3.24. The van der Waals surface area contributed by atoms with Crippen molar-refractivity contribution in [1.82, 2.24) is 55.6 Å². The lowest BCUT2D eigenvalue weighted by Crippen LogP contribution is -2.63. The Kier molecular flexibility index (Phi) is 31.7. The first-order valence-electron chi connectivity index (χ1n) is 31.1. The van der Waals surface area contributed by atoms with Crippen LogP contribution in [0.25, 0.3) is 0 Å². The molecule has 1 heterocycles. The van der Waals surface area contributed by atoms with Gasteiger partial charge in [-0.25, -0.2) is 0 Å². The van der Waals surface area contributed by atoms with E-state index in [1.54, 1.807) is 74.5 Å². The lowest BCUT2D eigenvalue weighted by molar-refractivity contribution is -0.157. The molecule has 0 spiro atoms. The van der Waals surface area contributed by atoms with Gasteiger partial charge >= 0.3 is 0 Å². The van der Waals surface area contributed by atoms with Crippen molar-refractivity contribution < 1.29 is 62.6 Å². The molecule has 502 valence electrons. The average molecular weight is 1240 g/mol. The van der Waals surface area contributed by atoms with Crippen LogP contribution < -0.4 is 21.3 Å². The number of likely N-dealkylation sites (N-methyl/N-ethyl adjacent to an activating group) is 7. The Morgan fingerprint density at radius 2 is 0.977 bits per heavy atom.